The Labute approximate surface area is 152 Å². The summed E-state index contributed by atoms with van der Waals surface area (Å²) >= 11 is 0. The fourth-order valence-corrected chi connectivity index (χ4v) is 3.35. The highest BCUT2D eigenvalue weighted by Crippen LogP contribution is 2.24. The van der Waals surface area contributed by atoms with Crippen molar-refractivity contribution >= 4 is 23.3 Å². The number of anilines is 2. The highest BCUT2D eigenvalue weighted by atomic mass is 19.1. The molecule has 3 amide bonds. The number of nitrogens with zero attached hydrogens (tertiary/aromatic N) is 2. The van der Waals surface area contributed by atoms with Crippen molar-refractivity contribution in [1.82, 2.24) is 4.90 Å². The molecule has 0 bridgehead atoms. The smallest absolute Gasteiger partial charge is 0.324 e. The number of aryl methyl sites for hydroxylation is 3. The van der Waals surface area contributed by atoms with E-state index in [1.165, 1.54) is 15.9 Å². The first-order valence-electron chi connectivity index (χ1n) is 8.55. The van der Waals surface area contributed by atoms with Crippen LogP contribution in [0.15, 0.2) is 36.4 Å². The van der Waals surface area contributed by atoms with Crippen LogP contribution in [-0.2, 0) is 4.79 Å². The van der Waals surface area contributed by atoms with E-state index in [9.17, 15) is 14.0 Å². The van der Waals surface area contributed by atoms with E-state index in [0.29, 0.717) is 13.1 Å². The Morgan fingerprint density at radius 1 is 1.12 bits per heavy atom. The van der Waals surface area contributed by atoms with Crippen molar-refractivity contribution in [1.29, 1.82) is 0 Å². The molecule has 0 saturated carbocycles. The fraction of sp³-hybridized carbons (Fsp3) is 0.300. The first-order chi connectivity index (χ1) is 12.4. The van der Waals surface area contributed by atoms with Crippen LogP contribution in [0.3, 0.4) is 0 Å². The van der Waals surface area contributed by atoms with Gasteiger partial charge >= 0.3 is 6.03 Å². The molecule has 26 heavy (non-hydrogen) atoms. The molecule has 1 aliphatic rings. The molecule has 3 rings (SSSR count). The maximum atomic E-state index is 13.9. The molecule has 2 aromatic rings. The minimum Gasteiger partial charge on any atom is -0.324 e. The van der Waals surface area contributed by atoms with Crippen LogP contribution in [-0.4, -0.2) is 36.5 Å². The second-order valence-electron chi connectivity index (χ2n) is 6.63. The van der Waals surface area contributed by atoms with Crippen molar-refractivity contribution < 1.29 is 14.0 Å². The van der Waals surface area contributed by atoms with Gasteiger partial charge in [-0.2, -0.15) is 0 Å². The summed E-state index contributed by atoms with van der Waals surface area (Å²) in [6, 6.07) is 9.80. The monoisotopic (exact) mass is 355 g/mol. The van der Waals surface area contributed by atoms with Crippen LogP contribution in [0.25, 0.3) is 0 Å². The molecule has 0 unspecified atom stereocenters. The summed E-state index contributed by atoms with van der Waals surface area (Å²) in [5.74, 6) is -0.707. The molecular formula is C20H22FN3O2. The number of urea groups is 1. The largest absolute Gasteiger partial charge is 0.325 e. The Morgan fingerprint density at radius 3 is 2.42 bits per heavy atom. The van der Waals surface area contributed by atoms with Gasteiger partial charge in [0, 0.05) is 18.8 Å². The molecule has 0 aromatic heterocycles. The number of benzene rings is 2. The van der Waals surface area contributed by atoms with Gasteiger partial charge in [-0.05, 0) is 44.0 Å². The SMILES string of the molecule is Cc1cc(C)c(NC(=O)CN2CCN(c3ccccc3F)C2=O)c(C)c1. The molecule has 1 saturated heterocycles. The van der Waals surface area contributed by atoms with E-state index in [-0.39, 0.29) is 24.2 Å². The molecular weight excluding hydrogens is 333 g/mol. The van der Waals surface area contributed by atoms with E-state index in [2.05, 4.69) is 5.32 Å². The molecule has 0 aliphatic carbocycles. The molecule has 5 nitrogen and oxygen atoms in total. The average Bonchev–Trinajstić information content (AvgIpc) is 2.92. The van der Waals surface area contributed by atoms with Gasteiger partial charge in [0.15, 0.2) is 0 Å². The van der Waals surface area contributed by atoms with E-state index in [4.69, 9.17) is 0 Å². The van der Waals surface area contributed by atoms with E-state index < -0.39 is 5.82 Å². The maximum Gasteiger partial charge on any atom is 0.325 e. The van der Waals surface area contributed by atoms with Gasteiger partial charge in [0.1, 0.15) is 12.4 Å². The quantitative estimate of drug-likeness (QED) is 0.910. The van der Waals surface area contributed by atoms with Gasteiger partial charge in [-0.3, -0.25) is 9.69 Å². The molecule has 0 spiro atoms. The number of hydrogen-bond donors (Lipinski definition) is 1. The second kappa shape index (κ2) is 7.15. The van der Waals surface area contributed by atoms with Gasteiger partial charge in [-0.25, -0.2) is 9.18 Å². The summed E-state index contributed by atoms with van der Waals surface area (Å²) in [4.78, 5) is 27.7. The minimum absolute atomic E-state index is 0.0590. The lowest BCUT2D eigenvalue weighted by molar-refractivity contribution is -0.116. The number of rotatable bonds is 4. The summed E-state index contributed by atoms with van der Waals surface area (Å²) < 4.78 is 13.9. The topological polar surface area (TPSA) is 52.7 Å². The first-order valence-corrected chi connectivity index (χ1v) is 8.55. The lowest BCUT2D eigenvalue weighted by Gasteiger charge is -2.19. The van der Waals surface area contributed by atoms with Gasteiger partial charge in [0.05, 0.1) is 5.69 Å². The number of para-hydroxylation sites is 1. The van der Waals surface area contributed by atoms with Crippen LogP contribution in [0, 0.1) is 26.6 Å². The molecule has 6 heteroatoms. The first kappa shape index (κ1) is 17.9. The molecule has 2 aromatic carbocycles. The Morgan fingerprint density at radius 2 is 1.77 bits per heavy atom. The summed E-state index contributed by atoms with van der Waals surface area (Å²) in [6.45, 7) is 6.57. The van der Waals surface area contributed by atoms with E-state index >= 15 is 0 Å². The van der Waals surface area contributed by atoms with Gasteiger partial charge in [-0.15, -0.1) is 0 Å². The van der Waals surface area contributed by atoms with Crippen LogP contribution in [0.4, 0.5) is 20.6 Å². The van der Waals surface area contributed by atoms with Crippen molar-refractivity contribution in [2.24, 2.45) is 0 Å². The Balaban J connectivity index is 1.68. The fourth-order valence-electron chi connectivity index (χ4n) is 3.35. The van der Waals surface area contributed by atoms with Crippen molar-refractivity contribution in [3.8, 4) is 0 Å². The van der Waals surface area contributed by atoms with Gasteiger partial charge in [0.2, 0.25) is 5.91 Å². The molecule has 1 heterocycles. The zero-order chi connectivity index (χ0) is 18.8. The molecule has 1 fully saturated rings. The highest BCUT2D eigenvalue weighted by Gasteiger charge is 2.32. The van der Waals surface area contributed by atoms with Gasteiger partial charge in [-0.1, -0.05) is 29.8 Å². The number of amides is 3. The summed E-state index contributed by atoms with van der Waals surface area (Å²) in [5.41, 5.74) is 4.12. The lowest BCUT2D eigenvalue weighted by Crippen LogP contribution is -2.37. The van der Waals surface area contributed by atoms with E-state index in [0.717, 1.165) is 22.4 Å². The standard InChI is InChI=1S/C20H22FN3O2/c1-13-10-14(2)19(15(3)11-13)22-18(25)12-23-8-9-24(20(23)26)17-7-5-4-6-16(17)21/h4-7,10-11H,8-9,12H2,1-3H3,(H,22,25). The minimum atomic E-state index is -0.446. The van der Waals surface area contributed by atoms with Crippen LogP contribution in [0.5, 0.6) is 0 Å². The lowest BCUT2D eigenvalue weighted by atomic mass is 10.1. The number of carbonyl (C=O) groups is 2. The molecule has 0 radical (unpaired) electrons. The zero-order valence-electron chi connectivity index (χ0n) is 15.2. The average molecular weight is 355 g/mol. The van der Waals surface area contributed by atoms with Crippen molar-refractivity contribution in [3.63, 3.8) is 0 Å². The van der Waals surface area contributed by atoms with Gasteiger partial charge in [0.25, 0.3) is 0 Å². The highest BCUT2D eigenvalue weighted by molar-refractivity contribution is 6.00. The van der Waals surface area contributed by atoms with Gasteiger partial charge < -0.3 is 10.2 Å². The Bertz CT molecular complexity index is 843. The summed E-state index contributed by atoms with van der Waals surface area (Å²) in [5, 5.41) is 2.89. The van der Waals surface area contributed by atoms with Crippen molar-refractivity contribution in [2.75, 3.05) is 29.9 Å². The third-order valence-corrected chi connectivity index (χ3v) is 4.51. The number of carbonyl (C=O) groups excluding carboxylic acids is 2. The molecule has 1 aliphatic heterocycles. The normalized spacial score (nSPS) is 14.1. The van der Waals surface area contributed by atoms with Crippen molar-refractivity contribution in [3.05, 3.63) is 58.9 Å². The summed E-state index contributed by atoms with van der Waals surface area (Å²) in [6.07, 6.45) is 0. The molecule has 1 N–H and O–H groups in total. The van der Waals surface area contributed by atoms with Crippen LogP contribution in [0.2, 0.25) is 0 Å². The number of hydrogen-bond acceptors (Lipinski definition) is 2. The maximum absolute atomic E-state index is 13.9. The summed E-state index contributed by atoms with van der Waals surface area (Å²) in [7, 11) is 0. The predicted octanol–water partition coefficient (Wildman–Crippen LogP) is 3.63. The Hall–Kier alpha value is -2.89. The second-order valence-corrected chi connectivity index (χ2v) is 6.63. The zero-order valence-corrected chi connectivity index (χ0v) is 15.2. The van der Waals surface area contributed by atoms with Crippen LogP contribution < -0.4 is 10.2 Å². The third-order valence-electron chi connectivity index (χ3n) is 4.51. The molecule has 0 atom stereocenters. The van der Waals surface area contributed by atoms with Crippen molar-refractivity contribution in [2.45, 2.75) is 20.8 Å². The number of halogens is 1. The third kappa shape index (κ3) is 3.54. The molecule has 136 valence electrons. The van der Waals surface area contributed by atoms with E-state index in [1.54, 1.807) is 18.2 Å². The van der Waals surface area contributed by atoms with E-state index in [1.807, 2.05) is 32.9 Å². The predicted molar refractivity (Wildman–Crippen MR) is 100.0 cm³/mol. The number of nitrogens with one attached hydrogen (secondary N) is 1. The van der Waals surface area contributed by atoms with Crippen LogP contribution in [0.1, 0.15) is 16.7 Å². The Kier molecular flexibility index (Phi) is 4.93. The van der Waals surface area contributed by atoms with Crippen LogP contribution >= 0.6 is 0 Å².